The first-order valence-corrected chi connectivity index (χ1v) is 7.04. The van der Waals surface area contributed by atoms with Crippen LogP contribution >= 0.6 is 35.7 Å². The number of rotatable bonds is 2. The molecule has 0 spiro atoms. The van der Waals surface area contributed by atoms with E-state index in [0.717, 1.165) is 6.42 Å². The Hall–Kier alpha value is -0.120. The summed E-state index contributed by atoms with van der Waals surface area (Å²) in [5.41, 5.74) is 0. The van der Waals surface area contributed by atoms with Crippen molar-refractivity contribution in [3.63, 3.8) is 0 Å². The van der Waals surface area contributed by atoms with Gasteiger partial charge in [-0.3, -0.25) is 0 Å². The van der Waals surface area contributed by atoms with Crippen molar-refractivity contribution < 1.29 is 0 Å². The van der Waals surface area contributed by atoms with Crippen LogP contribution in [0.4, 0.5) is 0 Å². The van der Waals surface area contributed by atoms with E-state index < -0.39 is 0 Å². The van der Waals surface area contributed by atoms with Gasteiger partial charge in [0.25, 0.3) is 0 Å². The maximum Gasteiger partial charge on any atom is 0.0368 e. The fourth-order valence-corrected chi connectivity index (χ4v) is 4.01. The molecule has 0 bridgehead atoms. The van der Waals surface area contributed by atoms with Crippen molar-refractivity contribution >= 4 is 45.8 Å². The van der Waals surface area contributed by atoms with Crippen LogP contribution < -0.4 is 0 Å². The van der Waals surface area contributed by atoms with Gasteiger partial charge in [0.05, 0.1) is 0 Å². The van der Waals surface area contributed by atoms with Gasteiger partial charge in [-0.05, 0) is 24.8 Å². The van der Waals surface area contributed by atoms with Crippen molar-refractivity contribution in [1.82, 2.24) is 0 Å². The Balaban J connectivity index is 2.79. The van der Waals surface area contributed by atoms with E-state index in [0.29, 0.717) is 0 Å². The van der Waals surface area contributed by atoms with Crippen molar-refractivity contribution in [3.05, 3.63) is 23.1 Å². The Morgan fingerprint density at radius 1 is 1.43 bits per heavy atom. The van der Waals surface area contributed by atoms with E-state index in [4.69, 9.17) is 0 Å². The predicted octanol–water partition coefficient (Wildman–Crippen LogP) is 4.47. The van der Waals surface area contributed by atoms with Crippen molar-refractivity contribution in [2.45, 2.75) is 23.1 Å². The molecule has 0 fully saturated rings. The van der Waals surface area contributed by atoms with Crippen LogP contribution in [0.1, 0.15) is 11.8 Å². The van der Waals surface area contributed by atoms with Crippen LogP contribution in [0.5, 0.6) is 0 Å². The molecule has 2 aromatic rings. The average Bonchev–Trinajstić information content (AvgIpc) is 2.55. The molecule has 1 heterocycles. The first-order chi connectivity index (χ1) is 6.77. The molecule has 0 atom stereocenters. The van der Waals surface area contributed by atoms with E-state index in [1.807, 2.05) is 11.3 Å². The van der Waals surface area contributed by atoms with Gasteiger partial charge in [-0.15, -0.1) is 35.7 Å². The quantitative estimate of drug-likeness (QED) is 0.597. The lowest BCUT2D eigenvalue weighted by molar-refractivity contribution is 1.14. The van der Waals surface area contributed by atoms with Crippen LogP contribution in [0.3, 0.4) is 0 Å². The highest BCUT2D eigenvalue weighted by Crippen LogP contribution is 2.39. The molecule has 0 saturated carbocycles. The molecule has 0 aliphatic heterocycles. The van der Waals surface area contributed by atoms with E-state index in [9.17, 15) is 0 Å². The largest absolute Gasteiger partial charge is 0.142 e. The minimum absolute atomic E-state index is 1.08. The summed E-state index contributed by atoms with van der Waals surface area (Å²) in [4.78, 5) is 3.91. The fraction of sp³-hybridized carbons (Fsp3) is 0.273. The molecule has 74 valence electrons. The van der Waals surface area contributed by atoms with E-state index >= 15 is 0 Å². The Labute approximate surface area is 98.1 Å². The van der Waals surface area contributed by atoms with Crippen LogP contribution in [-0.2, 0) is 6.42 Å². The summed E-state index contributed by atoms with van der Waals surface area (Å²) in [6.45, 7) is 2.18. The molecule has 14 heavy (non-hydrogen) atoms. The van der Waals surface area contributed by atoms with Gasteiger partial charge in [0.1, 0.15) is 0 Å². The number of benzene rings is 1. The summed E-state index contributed by atoms with van der Waals surface area (Å²) in [6, 6.07) is 6.47. The molecular weight excluding hydrogens is 228 g/mol. The van der Waals surface area contributed by atoms with Gasteiger partial charge in [0.2, 0.25) is 0 Å². The molecule has 0 amide bonds. The van der Waals surface area contributed by atoms with Crippen LogP contribution in [0.15, 0.2) is 28.0 Å². The predicted molar refractivity (Wildman–Crippen MR) is 70.2 cm³/mol. The molecule has 0 saturated heterocycles. The maximum atomic E-state index is 4.62. The second kappa shape index (κ2) is 4.17. The summed E-state index contributed by atoms with van der Waals surface area (Å²) in [7, 11) is 0. The van der Waals surface area contributed by atoms with Crippen molar-refractivity contribution in [3.8, 4) is 0 Å². The molecule has 0 nitrogen and oxygen atoms in total. The Bertz CT molecular complexity index is 457. The number of hydrogen-bond donors (Lipinski definition) is 1. The summed E-state index contributed by atoms with van der Waals surface area (Å²) in [6.07, 6.45) is 3.19. The lowest BCUT2D eigenvalue weighted by Gasteiger charge is -1.99. The first-order valence-electron chi connectivity index (χ1n) is 4.55. The third-order valence-corrected chi connectivity index (χ3v) is 4.99. The van der Waals surface area contributed by atoms with E-state index in [1.165, 1.54) is 24.8 Å². The monoisotopic (exact) mass is 240 g/mol. The SMILES string of the molecule is CCc1sc2cccc(SC)c2c1S. The second-order valence-electron chi connectivity index (χ2n) is 3.06. The maximum absolute atomic E-state index is 4.62. The normalized spacial score (nSPS) is 11.1. The van der Waals surface area contributed by atoms with Gasteiger partial charge < -0.3 is 0 Å². The summed E-state index contributed by atoms with van der Waals surface area (Å²) < 4.78 is 1.36. The topological polar surface area (TPSA) is 0 Å². The second-order valence-corrected chi connectivity index (χ2v) is 5.49. The van der Waals surface area contributed by atoms with Gasteiger partial charge in [-0.1, -0.05) is 13.0 Å². The van der Waals surface area contributed by atoms with E-state index in [-0.39, 0.29) is 0 Å². The highest BCUT2D eigenvalue weighted by molar-refractivity contribution is 7.98. The van der Waals surface area contributed by atoms with Crippen LogP contribution in [0.2, 0.25) is 0 Å². The Kier molecular flexibility index (Phi) is 3.10. The van der Waals surface area contributed by atoms with Gasteiger partial charge in [0.15, 0.2) is 0 Å². The van der Waals surface area contributed by atoms with Gasteiger partial charge in [-0.25, -0.2) is 0 Å². The fourth-order valence-electron chi connectivity index (χ4n) is 1.56. The first kappa shape index (κ1) is 10.4. The number of thiophene rings is 1. The minimum Gasteiger partial charge on any atom is -0.142 e. The number of thiol groups is 1. The van der Waals surface area contributed by atoms with Crippen LogP contribution in [-0.4, -0.2) is 6.26 Å². The molecule has 3 heteroatoms. The van der Waals surface area contributed by atoms with Gasteiger partial charge in [0, 0.05) is 24.8 Å². The standard InChI is InChI=1S/C11H12S3/c1-3-7-11(12)10-8(13-2)5-4-6-9(10)14-7/h4-6,12H,3H2,1-2H3. The summed E-state index contributed by atoms with van der Waals surface area (Å²) in [5, 5.41) is 1.34. The molecule has 0 N–H and O–H groups in total. The molecular formula is C11H12S3. The number of aryl methyl sites for hydroxylation is 1. The molecule has 0 aliphatic carbocycles. The molecule has 0 radical (unpaired) electrons. The Morgan fingerprint density at radius 3 is 2.86 bits per heavy atom. The zero-order chi connectivity index (χ0) is 10.1. The molecule has 1 aromatic carbocycles. The molecule has 1 aromatic heterocycles. The zero-order valence-electron chi connectivity index (χ0n) is 8.20. The molecule has 0 unspecified atom stereocenters. The number of fused-ring (bicyclic) bond motifs is 1. The molecule has 2 rings (SSSR count). The number of hydrogen-bond acceptors (Lipinski definition) is 3. The smallest absolute Gasteiger partial charge is 0.0368 e. The Morgan fingerprint density at radius 2 is 2.21 bits per heavy atom. The van der Waals surface area contributed by atoms with Crippen LogP contribution in [0, 0.1) is 0 Å². The van der Waals surface area contributed by atoms with Gasteiger partial charge >= 0.3 is 0 Å². The third kappa shape index (κ3) is 1.58. The van der Waals surface area contributed by atoms with Crippen molar-refractivity contribution in [2.75, 3.05) is 6.26 Å². The average molecular weight is 240 g/mol. The summed E-state index contributed by atoms with van der Waals surface area (Å²) in [5.74, 6) is 0. The minimum atomic E-state index is 1.08. The van der Waals surface area contributed by atoms with Crippen molar-refractivity contribution in [1.29, 1.82) is 0 Å². The van der Waals surface area contributed by atoms with Crippen molar-refractivity contribution in [2.24, 2.45) is 0 Å². The molecule has 0 aliphatic rings. The lowest BCUT2D eigenvalue weighted by atomic mass is 10.2. The highest BCUT2D eigenvalue weighted by Gasteiger charge is 2.10. The number of thioether (sulfide) groups is 1. The van der Waals surface area contributed by atoms with E-state index in [2.05, 4.69) is 44.0 Å². The van der Waals surface area contributed by atoms with Gasteiger partial charge in [-0.2, -0.15) is 0 Å². The highest BCUT2D eigenvalue weighted by atomic mass is 32.2. The third-order valence-electron chi connectivity index (χ3n) is 2.26. The zero-order valence-corrected chi connectivity index (χ0v) is 10.7. The summed E-state index contributed by atoms with van der Waals surface area (Å²) >= 11 is 8.27. The lowest BCUT2D eigenvalue weighted by Crippen LogP contribution is -1.75. The van der Waals surface area contributed by atoms with Crippen LogP contribution in [0.25, 0.3) is 10.1 Å². The van der Waals surface area contributed by atoms with E-state index in [1.54, 1.807) is 11.8 Å².